The van der Waals surface area contributed by atoms with E-state index in [0.717, 1.165) is 12.8 Å². The molecule has 0 radical (unpaired) electrons. The summed E-state index contributed by atoms with van der Waals surface area (Å²) in [6.45, 7) is 4.31. The van der Waals surface area contributed by atoms with E-state index >= 15 is 0 Å². The smallest absolute Gasteiger partial charge is 0.251 e. The fraction of sp³-hybridized carbons (Fsp3) is 0.500. The van der Waals surface area contributed by atoms with E-state index in [-0.39, 0.29) is 11.7 Å². The SMILES string of the molecule is CCC(CC)(CN)NC(=O)c1ccc(F)c(OC)c1. The quantitative estimate of drug-likeness (QED) is 0.830. The molecule has 0 spiro atoms. The Kier molecular flexibility index (Phi) is 5.30. The first-order valence-corrected chi connectivity index (χ1v) is 6.38. The van der Waals surface area contributed by atoms with Crippen LogP contribution in [0.3, 0.4) is 0 Å². The summed E-state index contributed by atoms with van der Waals surface area (Å²) in [5, 5.41) is 2.92. The number of methoxy groups -OCH3 is 1. The third-order valence-corrected chi connectivity index (χ3v) is 3.54. The van der Waals surface area contributed by atoms with Gasteiger partial charge in [-0.1, -0.05) is 13.8 Å². The first kappa shape index (κ1) is 15.4. The molecular formula is C14H21FN2O2. The van der Waals surface area contributed by atoms with Crippen LogP contribution < -0.4 is 15.8 Å². The third kappa shape index (κ3) is 3.44. The number of ether oxygens (including phenoxy) is 1. The van der Waals surface area contributed by atoms with Gasteiger partial charge in [0.05, 0.1) is 12.6 Å². The van der Waals surface area contributed by atoms with E-state index in [9.17, 15) is 9.18 Å². The van der Waals surface area contributed by atoms with Crippen LogP contribution >= 0.6 is 0 Å². The number of halogens is 1. The molecule has 106 valence electrons. The standard InChI is InChI=1S/C14H21FN2O2/c1-4-14(5-2,9-16)17-13(18)10-6-7-11(15)12(8-10)19-3/h6-8H,4-5,9,16H2,1-3H3,(H,17,18). The Morgan fingerprint density at radius 1 is 1.42 bits per heavy atom. The molecule has 1 aromatic rings. The number of carbonyl (C=O) groups is 1. The molecule has 4 nitrogen and oxygen atoms in total. The van der Waals surface area contributed by atoms with Crippen LogP contribution in [0.5, 0.6) is 5.75 Å². The molecule has 1 rings (SSSR count). The van der Waals surface area contributed by atoms with Gasteiger partial charge in [0.25, 0.3) is 5.91 Å². The molecule has 0 aromatic heterocycles. The maximum absolute atomic E-state index is 13.3. The fourth-order valence-electron chi connectivity index (χ4n) is 1.88. The molecule has 0 aliphatic rings. The maximum Gasteiger partial charge on any atom is 0.251 e. The highest BCUT2D eigenvalue weighted by molar-refractivity contribution is 5.95. The molecule has 0 aliphatic heterocycles. The van der Waals surface area contributed by atoms with Gasteiger partial charge in [0, 0.05) is 12.1 Å². The molecular weight excluding hydrogens is 247 g/mol. The third-order valence-electron chi connectivity index (χ3n) is 3.54. The lowest BCUT2D eigenvalue weighted by Crippen LogP contribution is -2.52. The van der Waals surface area contributed by atoms with Crippen molar-refractivity contribution in [2.45, 2.75) is 32.2 Å². The Morgan fingerprint density at radius 3 is 2.53 bits per heavy atom. The summed E-state index contributed by atoms with van der Waals surface area (Å²) in [6.07, 6.45) is 1.48. The zero-order valence-electron chi connectivity index (χ0n) is 11.6. The second-order valence-corrected chi connectivity index (χ2v) is 4.50. The van der Waals surface area contributed by atoms with Gasteiger partial charge in [-0.25, -0.2) is 4.39 Å². The second kappa shape index (κ2) is 6.52. The van der Waals surface area contributed by atoms with Crippen LogP contribution in [-0.2, 0) is 0 Å². The van der Waals surface area contributed by atoms with Gasteiger partial charge >= 0.3 is 0 Å². The molecule has 1 aromatic carbocycles. The van der Waals surface area contributed by atoms with Crippen molar-refractivity contribution < 1.29 is 13.9 Å². The summed E-state index contributed by atoms with van der Waals surface area (Å²) < 4.78 is 18.2. The largest absolute Gasteiger partial charge is 0.494 e. The summed E-state index contributed by atoms with van der Waals surface area (Å²) in [5.74, 6) is -0.707. The lowest BCUT2D eigenvalue weighted by molar-refractivity contribution is 0.0895. The number of nitrogens with two attached hydrogens (primary N) is 1. The minimum Gasteiger partial charge on any atom is -0.494 e. The molecule has 0 heterocycles. The van der Waals surface area contributed by atoms with Crippen molar-refractivity contribution in [2.24, 2.45) is 5.73 Å². The number of rotatable bonds is 6. The summed E-state index contributed by atoms with van der Waals surface area (Å²) in [4.78, 5) is 12.2. The van der Waals surface area contributed by atoms with E-state index in [1.165, 1.54) is 25.3 Å². The summed E-state index contributed by atoms with van der Waals surface area (Å²) in [7, 11) is 1.36. The van der Waals surface area contributed by atoms with Crippen molar-refractivity contribution in [3.63, 3.8) is 0 Å². The van der Waals surface area contributed by atoms with Gasteiger partial charge in [0.2, 0.25) is 0 Å². The minimum atomic E-state index is -0.491. The van der Waals surface area contributed by atoms with Gasteiger partial charge in [-0.05, 0) is 31.0 Å². The molecule has 0 bridgehead atoms. The number of carbonyl (C=O) groups excluding carboxylic acids is 1. The van der Waals surface area contributed by atoms with Crippen LogP contribution in [0, 0.1) is 5.82 Å². The summed E-state index contributed by atoms with van der Waals surface area (Å²) >= 11 is 0. The van der Waals surface area contributed by atoms with Crippen LogP contribution in [0.2, 0.25) is 0 Å². The second-order valence-electron chi connectivity index (χ2n) is 4.50. The molecule has 3 N–H and O–H groups in total. The van der Waals surface area contributed by atoms with Gasteiger partial charge in [-0.2, -0.15) is 0 Å². The van der Waals surface area contributed by atoms with E-state index < -0.39 is 11.4 Å². The normalized spacial score (nSPS) is 11.2. The summed E-state index contributed by atoms with van der Waals surface area (Å²) in [6, 6.07) is 4.03. The van der Waals surface area contributed by atoms with Crippen molar-refractivity contribution >= 4 is 5.91 Å². The molecule has 19 heavy (non-hydrogen) atoms. The van der Waals surface area contributed by atoms with E-state index in [1.54, 1.807) is 0 Å². The Balaban J connectivity index is 2.94. The topological polar surface area (TPSA) is 64.3 Å². The first-order chi connectivity index (χ1) is 9.01. The van der Waals surface area contributed by atoms with Crippen molar-refractivity contribution in [2.75, 3.05) is 13.7 Å². The Hall–Kier alpha value is -1.62. The average Bonchev–Trinajstić information content (AvgIpc) is 2.45. The van der Waals surface area contributed by atoms with Gasteiger partial charge in [-0.15, -0.1) is 0 Å². The van der Waals surface area contributed by atoms with E-state index in [4.69, 9.17) is 10.5 Å². The maximum atomic E-state index is 13.3. The highest BCUT2D eigenvalue weighted by Crippen LogP contribution is 2.20. The predicted octanol–water partition coefficient (Wildman–Crippen LogP) is 2.08. The summed E-state index contributed by atoms with van der Waals surface area (Å²) in [5.41, 5.74) is 5.68. The van der Waals surface area contributed by atoms with Crippen LogP contribution in [0.25, 0.3) is 0 Å². The highest BCUT2D eigenvalue weighted by Gasteiger charge is 2.27. The lowest BCUT2D eigenvalue weighted by atomic mass is 9.92. The molecule has 0 aliphatic carbocycles. The molecule has 1 amide bonds. The number of hydrogen-bond donors (Lipinski definition) is 2. The molecule has 0 saturated carbocycles. The van der Waals surface area contributed by atoms with Gasteiger partial charge in [-0.3, -0.25) is 4.79 Å². The van der Waals surface area contributed by atoms with Gasteiger partial charge < -0.3 is 15.8 Å². The van der Waals surface area contributed by atoms with E-state index in [1.807, 2.05) is 13.8 Å². The molecule has 0 atom stereocenters. The minimum absolute atomic E-state index is 0.0546. The Morgan fingerprint density at radius 2 is 2.05 bits per heavy atom. The van der Waals surface area contributed by atoms with Crippen molar-refractivity contribution in [3.05, 3.63) is 29.6 Å². The monoisotopic (exact) mass is 268 g/mol. The number of benzene rings is 1. The molecule has 0 fully saturated rings. The van der Waals surface area contributed by atoms with E-state index in [2.05, 4.69) is 5.32 Å². The number of amides is 1. The Labute approximate surface area is 113 Å². The molecule has 5 heteroatoms. The fourth-order valence-corrected chi connectivity index (χ4v) is 1.88. The number of nitrogens with one attached hydrogen (secondary N) is 1. The number of hydrogen-bond acceptors (Lipinski definition) is 3. The van der Waals surface area contributed by atoms with Crippen molar-refractivity contribution in [1.29, 1.82) is 0 Å². The van der Waals surface area contributed by atoms with Gasteiger partial charge in [0.1, 0.15) is 0 Å². The predicted molar refractivity (Wildman–Crippen MR) is 72.8 cm³/mol. The average molecular weight is 268 g/mol. The Bertz CT molecular complexity index is 437. The van der Waals surface area contributed by atoms with Crippen molar-refractivity contribution in [3.8, 4) is 5.75 Å². The first-order valence-electron chi connectivity index (χ1n) is 6.38. The van der Waals surface area contributed by atoms with Crippen LogP contribution in [0.15, 0.2) is 18.2 Å². The zero-order valence-corrected chi connectivity index (χ0v) is 11.6. The molecule has 0 unspecified atom stereocenters. The highest BCUT2D eigenvalue weighted by atomic mass is 19.1. The van der Waals surface area contributed by atoms with Crippen LogP contribution in [-0.4, -0.2) is 25.1 Å². The van der Waals surface area contributed by atoms with Crippen LogP contribution in [0.4, 0.5) is 4.39 Å². The van der Waals surface area contributed by atoms with E-state index in [0.29, 0.717) is 12.1 Å². The van der Waals surface area contributed by atoms with Crippen molar-refractivity contribution in [1.82, 2.24) is 5.32 Å². The lowest BCUT2D eigenvalue weighted by Gasteiger charge is -2.31. The van der Waals surface area contributed by atoms with Crippen LogP contribution in [0.1, 0.15) is 37.0 Å². The van der Waals surface area contributed by atoms with Gasteiger partial charge in [0.15, 0.2) is 11.6 Å². The zero-order chi connectivity index (χ0) is 14.5. The molecule has 0 saturated heterocycles.